The van der Waals surface area contributed by atoms with Gasteiger partial charge in [0.15, 0.2) is 16.6 Å². The van der Waals surface area contributed by atoms with E-state index < -0.39 is 5.97 Å². The average molecular weight is 356 g/mol. The highest BCUT2D eigenvalue weighted by Crippen LogP contribution is 2.32. The van der Waals surface area contributed by atoms with E-state index in [1.54, 1.807) is 12.1 Å². The normalized spacial score (nSPS) is 12.2. The van der Waals surface area contributed by atoms with Gasteiger partial charge in [0, 0.05) is 6.54 Å². The van der Waals surface area contributed by atoms with Gasteiger partial charge in [0.05, 0.1) is 12.2 Å². The summed E-state index contributed by atoms with van der Waals surface area (Å²) in [5.74, 6) is 0.241. The second-order valence-electron chi connectivity index (χ2n) is 5.15. The standard InChI is InChI=1S/C17H15N3O4S/c21-16(22)13-4-1-11(2-5-13)9-19-20-17(25)18-8-12-3-6-14-15(7-12)24-10-23-14/h1-7,9H,8,10H2,(H,21,22)(H2,18,20,25)/p-1/b19-9-. The lowest BCUT2D eigenvalue weighted by Crippen LogP contribution is -2.31. The fourth-order valence-corrected chi connectivity index (χ4v) is 2.27. The lowest BCUT2D eigenvalue weighted by molar-refractivity contribution is -0.255. The summed E-state index contributed by atoms with van der Waals surface area (Å²) in [6, 6.07) is 11.8. The van der Waals surface area contributed by atoms with Crippen LogP contribution >= 0.6 is 12.2 Å². The van der Waals surface area contributed by atoms with Gasteiger partial charge < -0.3 is 24.7 Å². The van der Waals surface area contributed by atoms with Crippen molar-refractivity contribution in [2.45, 2.75) is 6.54 Å². The van der Waals surface area contributed by atoms with Gasteiger partial charge in [-0.05, 0) is 41.0 Å². The number of carboxylic acid groups (broad SMARTS) is 1. The van der Waals surface area contributed by atoms with Gasteiger partial charge in [-0.25, -0.2) is 0 Å². The van der Waals surface area contributed by atoms with Gasteiger partial charge in [-0.1, -0.05) is 30.3 Å². The van der Waals surface area contributed by atoms with Gasteiger partial charge in [-0.15, -0.1) is 0 Å². The molecule has 0 unspecified atom stereocenters. The summed E-state index contributed by atoms with van der Waals surface area (Å²) >= 11 is 5.15. The Morgan fingerprint density at radius 1 is 1.20 bits per heavy atom. The third-order valence-electron chi connectivity index (χ3n) is 3.42. The molecule has 2 aromatic carbocycles. The number of carboxylic acids is 1. The van der Waals surface area contributed by atoms with Gasteiger partial charge in [0.25, 0.3) is 0 Å². The highest BCUT2D eigenvalue weighted by Gasteiger charge is 2.12. The molecule has 0 bridgehead atoms. The first-order chi connectivity index (χ1) is 12.1. The first-order valence-corrected chi connectivity index (χ1v) is 7.79. The number of aromatic carboxylic acids is 1. The maximum atomic E-state index is 10.7. The Labute approximate surface area is 149 Å². The number of fused-ring (bicyclic) bond motifs is 1. The quantitative estimate of drug-likeness (QED) is 0.464. The third kappa shape index (κ3) is 4.45. The molecular formula is C17H14N3O4S-. The molecule has 128 valence electrons. The van der Waals surface area contributed by atoms with Crippen LogP contribution in [0.1, 0.15) is 21.5 Å². The van der Waals surface area contributed by atoms with E-state index >= 15 is 0 Å². The minimum absolute atomic E-state index is 0.117. The average Bonchev–Trinajstić information content (AvgIpc) is 3.08. The molecule has 7 nitrogen and oxygen atoms in total. The van der Waals surface area contributed by atoms with E-state index in [2.05, 4.69) is 15.8 Å². The van der Waals surface area contributed by atoms with Crippen molar-refractivity contribution < 1.29 is 19.4 Å². The Balaban J connectivity index is 1.47. The topological polar surface area (TPSA) is 95.0 Å². The zero-order valence-corrected chi connectivity index (χ0v) is 13.8. The summed E-state index contributed by atoms with van der Waals surface area (Å²) in [5, 5.41) is 18.1. The van der Waals surface area contributed by atoms with Gasteiger partial charge in [-0.2, -0.15) is 5.10 Å². The lowest BCUT2D eigenvalue weighted by atomic mass is 10.1. The SMILES string of the molecule is O=C([O-])c1ccc(/C=N\NC(=S)NCc2ccc3c(c2)OCO3)cc1. The molecule has 0 aliphatic carbocycles. The predicted molar refractivity (Wildman–Crippen MR) is 93.5 cm³/mol. The van der Waals surface area contributed by atoms with E-state index in [1.165, 1.54) is 18.3 Å². The zero-order chi connectivity index (χ0) is 17.6. The number of nitrogens with zero attached hydrogens (tertiary/aromatic N) is 1. The van der Waals surface area contributed by atoms with Gasteiger partial charge in [0.2, 0.25) is 6.79 Å². The molecule has 2 aromatic rings. The molecule has 0 amide bonds. The summed E-state index contributed by atoms with van der Waals surface area (Å²) < 4.78 is 10.6. The van der Waals surface area contributed by atoms with Gasteiger partial charge in [0.1, 0.15) is 0 Å². The summed E-state index contributed by atoms with van der Waals surface area (Å²) in [7, 11) is 0. The second kappa shape index (κ2) is 7.63. The van der Waals surface area contributed by atoms with Crippen LogP contribution in [-0.4, -0.2) is 24.1 Å². The lowest BCUT2D eigenvalue weighted by Gasteiger charge is -2.07. The molecule has 0 atom stereocenters. The molecule has 0 saturated heterocycles. The number of carbonyl (C=O) groups is 1. The molecule has 8 heteroatoms. The number of hydrogen-bond donors (Lipinski definition) is 2. The van der Waals surface area contributed by atoms with Crippen LogP contribution in [0.25, 0.3) is 0 Å². The highest BCUT2D eigenvalue weighted by molar-refractivity contribution is 7.80. The third-order valence-corrected chi connectivity index (χ3v) is 3.65. The van der Waals surface area contributed by atoms with E-state index in [0.717, 1.165) is 22.6 Å². The van der Waals surface area contributed by atoms with E-state index in [-0.39, 0.29) is 12.4 Å². The largest absolute Gasteiger partial charge is 0.545 e. The monoisotopic (exact) mass is 356 g/mol. The number of hydrogen-bond acceptors (Lipinski definition) is 6. The van der Waals surface area contributed by atoms with Crippen LogP contribution in [0, 0.1) is 0 Å². The molecule has 0 fully saturated rings. The smallest absolute Gasteiger partial charge is 0.231 e. The fraction of sp³-hybridized carbons (Fsp3) is 0.118. The van der Waals surface area contributed by atoms with Crippen molar-refractivity contribution in [1.29, 1.82) is 0 Å². The first-order valence-electron chi connectivity index (χ1n) is 7.38. The fourth-order valence-electron chi connectivity index (χ4n) is 2.14. The van der Waals surface area contributed by atoms with Gasteiger partial charge >= 0.3 is 0 Å². The molecule has 3 rings (SSSR count). The molecule has 0 aromatic heterocycles. The van der Waals surface area contributed by atoms with Crippen LogP contribution < -0.4 is 25.3 Å². The number of carbonyl (C=O) groups excluding carboxylic acids is 1. The molecule has 1 heterocycles. The minimum atomic E-state index is -1.21. The Kier molecular flexibility index (Phi) is 5.10. The molecular weight excluding hydrogens is 342 g/mol. The summed E-state index contributed by atoms with van der Waals surface area (Å²) in [6.45, 7) is 0.753. The number of ether oxygens (including phenoxy) is 2. The second-order valence-corrected chi connectivity index (χ2v) is 5.56. The van der Waals surface area contributed by atoms with Gasteiger partial charge in [-0.3, -0.25) is 5.43 Å². The van der Waals surface area contributed by atoms with E-state index in [0.29, 0.717) is 11.7 Å². The van der Waals surface area contributed by atoms with Crippen LogP contribution in [0.5, 0.6) is 11.5 Å². The molecule has 1 aliphatic rings. The predicted octanol–water partition coefficient (Wildman–Crippen LogP) is 0.777. The number of hydrazone groups is 1. The Bertz CT molecular complexity index is 821. The summed E-state index contributed by atoms with van der Waals surface area (Å²) in [4.78, 5) is 10.7. The van der Waals surface area contributed by atoms with Crippen LogP contribution in [0.3, 0.4) is 0 Å². The van der Waals surface area contributed by atoms with Crippen molar-refractivity contribution in [2.75, 3.05) is 6.79 Å². The van der Waals surface area contributed by atoms with Crippen LogP contribution in [0.15, 0.2) is 47.6 Å². The van der Waals surface area contributed by atoms with E-state index in [4.69, 9.17) is 21.7 Å². The van der Waals surface area contributed by atoms with Crippen molar-refractivity contribution in [3.8, 4) is 11.5 Å². The number of rotatable bonds is 5. The van der Waals surface area contributed by atoms with Crippen LogP contribution in [0.2, 0.25) is 0 Å². The maximum absolute atomic E-state index is 10.7. The van der Waals surface area contributed by atoms with Crippen molar-refractivity contribution in [3.63, 3.8) is 0 Å². The molecule has 2 N–H and O–H groups in total. The van der Waals surface area contributed by atoms with Crippen LogP contribution in [-0.2, 0) is 6.54 Å². The Morgan fingerprint density at radius 2 is 1.96 bits per heavy atom. The van der Waals surface area contributed by atoms with E-state index in [1.807, 2.05) is 18.2 Å². The summed E-state index contributed by atoms with van der Waals surface area (Å²) in [5.41, 5.74) is 4.54. The van der Waals surface area contributed by atoms with Crippen LogP contribution in [0.4, 0.5) is 0 Å². The molecule has 0 spiro atoms. The Hall–Kier alpha value is -3.13. The first kappa shape index (κ1) is 16.7. The maximum Gasteiger partial charge on any atom is 0.231 e. The number of benzene rings is 2. The molecule has 0 radical (unpaired) electrons. The number of thiocarbonyl (C=S) groups is 1. The highest BCUT2D eigenvalue weighted by atomic mass is 32.1. The van der Waals surface area contributed by atoms with Crippen molar-refractivity contribution in [3.05, 3.63) is 59.2 Å². The van der Waals surface area contributed by atoms with Crippen molar-refractivity contribution in [1.82, 2.24) is 10.7 Å². The minimum Gasteiger partial charge on any atom is -0.545 e. The van der Waals surface area contributed by atoms with Crippen molar-refractivity contribution >= 4 is 29.5 Å². The number of nitrogens with one attached hydrogen (secondary N) is 2. The molecule has 1 aliphatic heterocycles. The molecule has 0 saturated carbocycles. The molecule has 25 heavy (non-hydrogen) atoms. The summed E-state index contributed by atoms with van der Waals surface area (Å²) in [6.07, 6.45) is 1.54. The van der Waals surface area contributed by atoms with Crippen molar-refractivity contribution in [2.24, 2.45) is 5.10 Å². The van der Waals surface area contributed by atoms with E-state index in [9.17, 15) is 9.90 Å². The zero-order valence-electron chi connectivity index (χ0n) is 13.0. The Morgan fingerprint density at radius 3 is 2.72 bits per heavy atom.